The Morgan fingerprint density at radius 3 is 2.88 bits per heavy atom. The summed E-state index contributed by atoms with van der Waals surface area (Å²) in [6, 6.07) is 1.77. The van der Waals surface area contributed by atoms with Gasteiger partial charge in [0.1, 0.15) is 4.88 Å². The normalized spacial score (nSPS) is 17.0. The van der Waals surface area contributed by atoms with Crippen molar-refractivity contribution in [3.05, 3.63) is 29.0 Å². The van der Waals surface area contributed by atoms with E-state index in [1.165, 1.54) is 0 Å². The molecule has 1 atom stereocenters. The topological polar surface area (TPSA) is 97.3 Å². The zero-order chi connectivity index (χ0) is 18.5. The second-order valence-electron chi connectivity index (χ2n) is 5.98. The number of ether oxygens (including phenoxy) is 1. The molecule has 1 N–H and O–H groups in total. The summed E-state index contributed by atoms with van der Waals surface area (Å²) in [5.41, 5.74) is 0.562. The van der Waals surface area contributed by atoms with Crippen LogP contribution in [0.3, 0.4) is 0 Å². The highest BCUT2D eigenvalue weighted by Crippen LogP contribution is 2.26. The van der Waals surface area contributed by atoms with Crippen LogP contribution in [-0.4, -0.2) is 46.5 Å². The van der Waals surface area contributed by atoms with E-state index in [9.17, 15) is 9.59 Å². The maximum absolute atomic E-state index is 12.6. The zero-order valence-electron chi connectivity index (χ0n) is 14.8. The third-order valence-electron chi connectivity index (χ3n) is 4.11. The molecule has 9 heteroatoms. The number of amides is 1. The van der Waals surface area contributed by atoms with Gasteiger partial charge in [-0.1, -0.05) is 11.3 Å². The van der Waals surface area contributed by atoms with Gasteiger partial charge >= 0.3 is 5.97 Å². The highest BCUT2D eigenvalue weighted by molar-refractivity contribution is 7.17. The Bertz CT molecular complexity index is 780. The van der Waals surface area contributed by atoms with Crippen LogP contribution in [0.2, 0.25) is 0 Å². The molecule has 1 amide bonds. The molecular formula is C17H21N5O3S. The molecule has 2 aromatic rings. The summed E-state index contributed by atoms with van der Waals surface area (Å²) in [6.45, 7) is 5.18. The van der Waals surface area contributed by atoms with Crippen LogP contribution in [0.1, 0.15) is 35.1 Å². The maximum Gasteiger partial charge on any atom is 0.350 e. The molecule has 1 aliphatic heterocycles. The zero-order valence-corrected chi connectivity index (χ0v) is 15.6. The van der Waals surface area contributed by atoms with Crippen LogP contribution in [-0.2, 0) is 9.53 Å². The molecule has 3 heterocycles. The number of nitrogens with zero attached hydrogens (tertiary/aromatic N) is 4. The smallest absolute Gasteiger partial charge is 0.350 e. The second kappa shape index (κ2) is 8.22. The minimum atomic E-state index is -0.409. The first-order valence-corrected chi connectivity index (χ1v) is 9.37. The molecule has 8 nitrogen and oxygen atoms in total. The molecule has 0 unspecified atom stereocenters. The predicted molar refractivity (Wildman–Crippen MR) is 98.4 cm³/mol. The summed E-state index contributed by atoms with van der Waals surface area (Å²) in [7, 11) is 0. The number of hydrogen-bond donors (Lipinski definition) is 1. The number of hydrogen-bond acceptors (Lipinski definition) is 8. The fourth-order valence-electron chi connectivity index (χ4n) is 2.87. The van der Waals surface area contributed by atoms with Crippen LogP contribution in [0.4, 0.5) is 11.1 Å². The molecule has 0 aliphatic carbocycles. The number of carbonyl (C=O) groups is 2. The van der Waals surface area contributed by atoms with Crippen molar-refractivity contribution in [1.29, 1.82) is 0 Å². The standard InChI is InChI=1S/C17H21N5O3S/c1-3-25-15(24)13-11(2)20-17(26-13)21-14(23)12-6-4-9-22(10-12)16-18-7-5-8-19-16/h5,7-8,12H,3-4,6,9-10H2,1-2H3,(H,20,21,23)/t12-/m1/s1. The molecule has 138 valence electrons. The number of aromatic nitrogens is 3. The van der Waals surface area contributed by atoms with Gasteiger partial charge in [-0.25, -0.2) is 19.7 Å². The predicted octanol–water partition coefficient (Wildman–Crippen LogP) is 2.27. The van der Waals surface area contributed by atoms with E-state index in [-0.39, 0.29) is 11.8 Å². The van der Waals surface area contributed by atoms with Gasteiger partial charge in [0.2, 0.25) is 11.9 Å². The number of thiazole rings is 1. The van der Waals surface area contributed by atoms with E-state index in [1.54, 1.807) is 32.3 Å². The van der Waals surface area contributed by atoms with E-state index >= 15 is 0 Å². The first-order chi connectivity index (χ1) is 12.6. The first kappa shape index (κ1) is 18.2. The summed E-state index contributed by atoms with van der Waals surface area (Å²) < 4.78 is 5.00. The van der Waals surface area contributed by atoms with Crippen molar-refractivity contribution in [2.45, 2.75) is 26.7 Å². The summed E-state index contributed by atoms with van der Waals surface area (Å²) in [4.78, 5) is 39.7. The number of anilines is 2. The van der Waals surface area contributed by atoms with Crippen molar-refractivity contribution in [3.8, 4) is 0 Å². The molecule has 0 radical (unpaired) electrons. The minimum absolute atomic E-state index is 0.102. The second-order valence-corrected chi connectivity index (χ2v) is 6.98. The van der Waals surface area contributed by atoms with Gasteiger partial charge < -0.3 is 15.0 Å². The lowest BCUT2D eigenvalue weighted by molar-refractivity contribution is -0.120. The summed E-state index contributed by atoms with van der Waals surface area (Å²) in [6.07, 6.45) is 5.08. The number of piperidine rings is 1. The molecule has 3 rings (SSSR count). The molecule has 0 spiro atoms. The number of rotatable bonds is 5. The van der Waals surface area contributed by atoms with Crippen LogP contribution in [0, 0.1) is 12.8 Å². The molecule has 0 saturated carbocycles. The van der Waals surface area contributed by atoms with Gasteiger partial charge in [-0.15, -0.1) is 0 Å². The summed E-state index contributed by atoms with van der Waals surface area (Å²) >= 11 is 1.14. The Morgan fingerprint density at radius 1 is 1.38 bits per heavy atom. The largest absolute Gasteiger partial charge is 0.462 e. The van der Waals surface area contributed by atoms with Crippen molar-refractivity contribution in [1.82, 2.24) is 15.0 Å². The van der Waals surface area contributed by atoms with Crippen LogP contribution in [0.25, 0.3) is 0 Å². The summed E-state index contributed by atoms with van der Waals surface area (Å²) in [5, 5.41) is 3.26. The Hall–Kier alpha value is -2.55. The van der Waals surface area contributed by atoms with Crippen molar-refractivity contribution in [2.75, 3.05) is 29.9 Å². The lowest BCUT2D eigenvalue weighted by Gasteiger charge is -2.31. The Labute approximate surface area is 155 Å². The Balaban J connectivity index is 1.64. The quantitative estimate of drug-likeness (QED) is 0.801. The minimum Gasteiger partial charge on any atom is -0.462 e. The van der Waals surface area contributed by atoms with Gasteiger partial charge in [-0.05, 0) is 32.8 Å². The van der Waals surface area contributed by atoms with Gasteiger partial charge in [-0.2, -0.15) is 0 Å². The van der Waals surface area contributed by atoms with E-state index in [2.05, 4.69) is 20.3 Å². The molecule has 2 aromatic heterocycles. The maximum atomic E-state index is 12.6. The van der Waals surface area contributed by atoms with E-state index in [0.717, 1.165) is 30.7 Å². The number of carbonyl (C=O) groups excluding carboxylic acids is 2. The molecule has 0 aromatic carbocycles. The molecule has 26 heavy (non-hydrogen) atoms. The van der Waals surface area contributed by atoms with Crippen LogP contribution in [0.5, 0.6) is 0 Å². The third-order valence-corrected chi connectivity index (χ3v) is 5.17. The van der Waals surface area contributed by atoms with Crippen molar-refractivity contribution >= 4 is 34.3 Å². The SMILES string of the molecule is CCOC(=O)c1sc(NC(=O)[C@@H]2CCCN(c3ncccn3)C2)nc1C. The third kappa shape index (κ3) is 4.16. The molecule has 1 fully saturated rings. The van der Waals surface area contributed by atoms with Crippen molar-refractivity contribution in [3.63, 3.8) is 0 Å². The molecular weight excluding hydrogens is 354 g/mol. The average molecular weight is 375 g/mol. The number of aryl methyl sites for hydroxylation is 1. The van der Waals surface area contributed by atoms with E-state index in [0.29, 0.717) is 34.8 Å². The van der Waals surface area contributed by atoms with Gasteiger partial charge in [0.15, 0.2) is 5.13 Å². The Kier molecular flexibility index (Phi) is 5.77. The lowest BCUT2D eigenvalue weighted by atomic mass is 9.97. The van der Waals surface area contributed by atoms with Crippen molar-refractivity contribution in [2.24, 2.45) is 5.92 Å². The fourth-order valence-corrected chi connectivity index (χ4v) is 3.73. The average Bonchev–Trinajstić information content (AvgIpc) is 3.03. The Morgan fingerprint density at radius 2 is 2.15 bits per heavy atom. The first-order valence-electron chi connectivity index (χ1n) is 8.56. The van der Waals surface area contributed by atoms with Crippen molar-refractivity contribution < 1.29 is 14.3 Å². The van der Waals surface area contributed by atoms with E-state index < -0.39 is 5.97 Å². The highest BCUT2D eigenvalue weighted by Gasteiger charge is 2.28. The monoisotopic (exact) mass is 375 g/mol. The van der Waals surface area contributed by atoms with Gasteiger partial charge in [0, 0.05) is 25.5 Å². The molecule has 1 saturated heterocycles. The fraction of sp³-hybridized carbons (Fsp3) is 0.471. The van der Waals surface area contributed by atoms with Crippen LogP contribution in [0.15, 0.2) is 18.5 Å². The molecule has 0 bridgehead atoms. The van der Waals surface area contributed by atoms with Crippen LogP contribution < -0.4 is 10.2 Å². The van der Waals surface area contributed by atoms with Gasteiger partial charge in [0.05, 0.1) is 18.2 Å². The number of esters is 1. The lowest BCUT2D eigenvalue weighted by Crippen LogP contribution is -2.41. The van der Waals surface area contributed by atoms with E-state index in [1.807, 2.05) is 4.90 Å². The van der Waals surface area contributed by atoms with E-state index in [4.69, 9.17) is 4.74 Å². The molecule has 1 aliphatic rings. The summed E-state index contributed by atoms with van der Waals surface area (Å²) in [5.74, 6) is -0.0506. The van der Waals surface area contributed by atoms with Crippen LogP contribution >= 0.6 is 11.3 Å². The van der Waals surface area contributed by atoms with Gasteiger partial charge in [0.25, 0.3) is 0 Å². The number of nitrogens with one attached hydrogen (secondary N) is 1. The highest BCUT2D eigenvalue weighted by atomic mass is 32.1. The van der Waals surface area contributed by atoms with Gasteiger partial charge in [-0.3, -0.25) is 4.79 Å².